The van der Waals surface area contributed by atoms with E-state index in [2.05, 4.69) is 67.8 Å². The van der Waals surface area contributed by atoms with E-state index in [4.69, 9.17) is 0 Å². The quantitative estimate of drug-likeness (QED) is 0.811. The van der Waals surface area contributed by atoms with Gasteiger partial charge in [0.1, 0.15) is 6.04 Å². The van der Waals surface area contributed by atoms with Crippen LogP contribution in [0.2, 0.25) is 0 Å². The van der Waals surface area contributed by atoms with E-state index in [-0.39, 0.29) is 5.91 Å². The molecule has 0 aliphatic rings. The number of amides is 1. The average Bonchev–Trinajstić information content (AvgIpc) is 2.55. The van der Waals surface area contributed by atoms with Gasteiger partial charge in [-0.05, 0) is 18.1 Å². The molecule has 0 saturated carbocycles. The van der Waals surface area contributed by atoms with Crippen LogP contribution in [0.15, 0.2) is 54.6 Å². The highest BCUT2D eigenvalue weighted by molar-refractivity contribution is 5.76. The molecule has 0 fully saturated rings. The van der Waals surface area contributed by atoms with Crippen molar-refractivity contribution in [3.05, 3.63) is 71.3 Å². The molecule has 0 spiro atoms. The minimum absolute atomic E-state index is 0.0786. The zero-order chi connectivity index (χ0) is 16.7. The SMILES string of the molecule is Cc1ccccc1CNC(=O)C[NH2+][C@H](c1ccccc1)C(C)C. The second kappa shape index (κ2) is 8.49. The number of nitrogens with one attached hydrogen (secondary N) is 1. The summed E-state index contributed by atoms with van der Waals surface area (Å²) < 4.78 is 0. The molecule has 0 bridgehead atoms. The van der Waals surface area contributed by atoms with E-state index in [1.165, 1.54) is 16.7 Å². The highest BCUT2D eigenvalue weighted by Gasteiger charge is 2.20. The topological polar surface area (TPSA) is 45.7 Å². The van der Waals surface area contributed by atoms with E-state index >= 15 is 0 Å². The molecule has 122 valence electrons. The fourth-order valence-electron chi connectivity index (χ4n) is 2.78. The van der Waals surface area contributed by atoms with Gasteiger partial charge in [0, 0.05) is 18.0 Å². The molecule has 0 saturated heterocycles. The van der Waals surface area contributed by atoms with Crippen molar-refractivity contribution in [2.75, 3.05) is 6.54 Å². The van der Waals surface area contributed by atoms with Crippen molar-refractivity contribution in [3.8, 4) is 0 Å². The van der Waals surface area contributed by atoms with Gasteiger partial charge in [-0.15, -0.1) is 0 Å². The van der Waals surface area contributed by atoms with Crippen LogP contribution in [0.1, 0.15) is 36.6 Å². The molecule has 1 atom stereocenters. The minimum Gasteiger partial charge on any atom is -0.347 e. The van der Waals surface area contributed by atoms with Gasteiger partial charge in [-0.1, -0.05) is 68.4 Å². The van der Waals surface area contributed by atoms with Crippen LogP contribution < -0.4 is 10.6 Å². The van der Waals surface area contributed by atoms with Crippen molar-refractivity contribution in [2.24, 2.45) is 5.92 Å². The van der Waals surface area contributed by atoms with E-state index in [1.807, 2.05) is 18.2 Å². The van der Waals surface area contributed by atoms with Crippen LogP contribution in [0, 0.1) is 12.8 Å². The third-order valence-corrected chi connectivity index (χ3v) is 4.20. The number of aryl methyl sites for hydroxylation is 1. The van der Waals surface area contributed by atoms with E-state index in [9.17, 15) is 4.79 Å². The first-order valence-electron chi connectivity index (χ1n) is 8.27. The Labute approximate surface area is 139 Å². The molecule has 0 heterocycles. The summed E-state index contributed by atoms with van der Waals surface area (Å²) in [6.07, 6.45) is 0. The van der Waals surface area contributed by atoms with Crippen LogP contribution in [-0.4, -0.2) is 12.5 Å². The molecule has 2 rings (SSSR count). The third kappa shape index (κ3) is 5.22. The number of quaternary nitrogens is 1. The molecule has 2 aromatic carbocycles. The van der Waals surface area contributed by atoms with E-state index in [1.54, 1.807) is 0 Å². The summed E-state index contributed by atoms with van der Waals surface area (Å²) in [6, 6.07) is 18.8. The summed E-state index contributed by atoms with van der Waals surface area (Å²) in [5.74, 6) is 0.552. The van der Waals surface area contributed by atoms with Crippen molar-refractivity contribution in [3.63, 3.8) is 0 Å². The standard InChI is InChI=1S/C20H26N2O/c1-15(2)20(17-10-5-4-6-11-17)22-14-19(23)21-13-18-12-8-7-9-16(18)3/h4-12,15,20,22H,13-14H2,1-3H3,(H,21,23)/p+1/t20-/m0/s1. The fraction of sp³-hybridized carbons (Fsp3) is 0.350. The molecule has 0 aliphatic carbocycles. The van der Waals surface area contributed by atoms with E-state index in [0.717, 1.165) is 0 Å². The van der Waals surface area contributed by atoms with Gasteiger partial charge in [-0.3, -0.25) is 4.79 Å². The second-order valence-electron chi connectivity index (χ2n) is 6.32. The number of rotatable bonds is 7. The summed E-state index contributed by atoms with van der Waals surface area (Å²) in [5, 5.41) is 5.15. The lowest BCUT2D eigenvalue weighted by molar-refractivity contribution is -0.692. The number of hydrogen-bond donors (Lipinski definition) is 2. The molecule has 3 nitrogen and oxygen atoms in total. The Morgan fingerprint density at radius 1 is 1.04 bits per heavy atom. The molecule has 3 N–H and O–H groups in total. The lowest BCUT2D eigenvalue weighted by Gasteiger charge is -2.19. The minimum atomic E-state index is 0.0786. The number of carbonyl (C=O) groups is 1. The van der Waals surface area contributed by atoms with E-state index < -0.39 is 0 Å². The summed E-state index contributed by atoms with van der Waals surface area (Å²) in [6.45, 7) is 7.50. The maximum Gasteiger partial charge on any atom is 0.275 e. The van der Waals surface area contributed by atoms with Gasteiger partial charge in [0.05, 0.1) is 0 Å². The van der Waals surface area contributed by atoms with Gasteiger partial charge in [0.25, 0.3) is 5.91 Å². The van der Waals surface area contributed by atoms with Crippen LogP contribution in [0.3, 0.4) is 0 Å². The lowest BCUT2D eigenvalue weighted by Crippen LogP contribution is -2.88. The largest absolute Gasteiger partial charge is 0.347 e. The van der Waals surface area contributed by atoms with Crippen molar-refractivity contribution in [2.45, 2.75) is 33.4 Å². The fourth-order valence-corrected chi connectivity index (χ4v) is 2.78. The summed E-state index contributed by atoms with van der Waals surface area (Å²) in [4.78, 5) is 12.1. The molecule has 0 radical (unpaired) electrons. The predicted octanol–water partition coefficient (Wildman–Crippen LogP) is 2.57. The van der Waals surface area contributed by atoms with Crippen LogP contribution in [0.25, 0.3) is 0 Å². The maximum absolute atomic E-state index is 12.1. The zero-order valence-corrected chi connectivity index (χ0v) is 14.3. The highest BCUT2D eigenvalue weighted by Crippen LogP contribution is 2.16. The molecule has 2 aromatic rings. The van der Waals surface area contributed by atoms with Crippen molar-refractivity contribution in [1.82, 2.24) is 5.32 Å². The molecular formula is C20H27N2O+. The van der Waals surface area contributed by atoms with Crippen molar-refractivity contribution < 1.29 is 10.1 Å². The smallest absolute Gasteiger partial charge is 0.275 e. The Balaban J connectivity index is 1.86. The molecule has 0 aliphatic heterocycles. The molecule has 0 unspecified atom stereocenters. The van der Waals surface area contributed by atoms with Gasteiger partial charge in [0.2, 0.25) is 0 Å². The van der Waals surface area contributed by atoms with Gasteiger partial charge in [-0.2, -0.15) is 0 Å². The van der Waals surface area contributed by atoms with Gasteiger partial charge in [0.15, 0.2) is 6.54 Å². The molecule has 0 aromatic heterocycles. The highest BCUT2D eigenvalue weighted by atomic mass is 16.1. The maximum atomic E-state index is 12.1. The molecule has 1 amide bonds. The Hall–Kier alpha value is -2.13. The molecular weight excluding hydrogens is 284 g/mol. The summed E-state index contributed by atoms with van der Waals surface area (Å²) >= 11 is 0. The predicted molar refractivity (Wildman–Crippen MR) is 93.8 cm³/mol. The third-order valence-electron chi connectivity index (χ3n) is 4.20. The Bertz CT molecular complexity index is 623. The monoisotopic (exact) mass is 311 g/mol. The lowest BCUT2D eigenvalue weighted by atomic mass is 9.96. The average molecular weight is 311 g/mol. The van der Waals surface area contributed by atoms with Crippen LogP contribution >= 0.6 is 0 Å². The van der Waals surface area contributed by atoms with Gasteiger partial charge < -0.3 is 10.6 Å². The first-order chi connectivity index (χ1) is 11.1. The number of carbonyl (C=O) groups excluding carboxylic acids is 1. The first kappa shape index (κ1) is 17.2. The first-order valence-corrected chi connectivity index (χ1v) is 8.27. The number of nitrogens with two attached hydrogens (primary N) is 1. The number of hydrogen-bond acceptors (Lipinski definition) is 1. The Morgan fingerprint density at radius 2 is 1.70 bits per heavy atom. The number of benzene rings is 2. The van der Waals surface area contributed by atoms with Crippen LogP contribution in [0.5, 0.6) is 0 Å². The second-order valence-corrected chi connectivity index (χ2v) is 6.32. The summed E-state index contributed by atoms with van der Waals surface area (Å²) in [5.41, 5.74) is 3.65. The van der Waals surface area contributed by atoms with Gasteiger partial charge >= 0.3 is 0 Å². The van der Waals surface area contributed by atoms with Crippen LogP contribution in [-0.2, 0) is 11.3 Å². The van der Waals surface area contributed by atoms with Crippen molar-refractivity contribution in [1.29, 1.82) is 0 Å². The molecule has 23 heavy (non-hydrogen) atoms. The summed E-state index contributed by atoms with van der Waals surface area (Å²) in [7, 11) is 0. The van der Waals surface area contributed by atoms with Gasteiger partial charge in [-0.25, -0.2) is 0 Å². The Morgan fingerprint density at radius 3 is 2.35 bits per heavy atom. The van der Waals surface area contributed by atoms with E-state index in [0.29, 0.717) is 25.0 Å². The normalized spacial score (nSPS) is 12.2. The molecule has 3 heteroatoms. The van der Waals surface area contributed by atoms with Crippen LogP contribution in [0.4, 0.5) is 0 Å². The van der Waals surface area contributed by atoms with Crippen molar-refractivity contribution >= 4 is 5.91 Å². The zero-order valence-electron chi connectivity index (χ0n) is 14.3. The Kier molecular flexibility index (Phi) is 6.36.